The van der Waals surface area contributed by atoms with E-state index in [2.05, 4.69) is 15.5 Å². The Morgan fingerprint density at radius 2 is 1.70 bits per heavy atom. The molecule has 5 aromatic rings. The van der Waals surface area contributed by atoms with Crippen LogP contribution in [0.25, 0.3) is 27.4 Å². The van der Waals surface area contributed by atoms with E-state index < -0.39 is 17.2 Å². The molecule has 7 rings (SSSR count). The second-order valence-corrected chi connectivity index (χ2v) is 10.9. The Balaban J connectivity index is 1.29. The van der Waals surface area contributed by atoms with Gasteiger partial charge in [-0.25, -0.2) is 4.39 Å². The zero-order chi connectivity index (χ0) is 29.3. The molecule has 1 fully saturated rings. The summed E-state index contributed by atoms with van der Waals surface area (Å²) >= 11 is 0. The number of ether oxygens (including phenoxy) is 2. The lowest BCUT2D eigenvalue weighted by Gasteiger charge is -2.28. The Morgan fingerprint density at radius 3 is 2.49 bits per heavy atom. The fraction of sp³-hybridized carbons (Fsp3) is 0.235. The van der Waals surface area contributed by atoms with E-state index in [4.69, 9.17) is 9.47 Å². The first-order chi connectivity index (χ1) is 21.1. The monoisotopic (exact) mass is 578 g/mol. The van der Waals surface area contributed by atoms with Gasteiger partial charge >= 0.3 is 0 Å². The quantitative estimate of drug-likeness (QED) is 0.234. The maximum atomic E-state index is 15.8. The van der Waals surface area contributed by atoms with Gasteiger partial charge in [-0.2, -0.15) is 0 Å². The van der Waals surface area contributed by atoms with E-state index in [-0.39, 0.29) is 28.9 Å². The molecule has 0 atom stereocenters. The first-order valence-corrected chi connectivity index (χ1v) is 14.6. The van der Waals surface area contributed by atoms with Crippen molar-refractivity contribution < 1.29 is 18.7 Å². The molecular formula is C34H31FN4O4. The SMILES string of the molecule is O=C(NCc1ccccc1)c1cn2c3c(c(NCCCN4CCOCC4)c(F)cc3c1=O)Oc1cc3ccccc3cc1-2. The van der Waals surface area contributed by atoms with Crippen LogP contribution in [0.1, 0.15) is 22.3 Å². The third-order valence-electron chi connectivity index (χ3n) is 8.09. The molecule has 218 valence electrons. The molecule has 1 amide bonds. The number of benzene rings is 4. The third kappa shape index (κ3) is 5.22. The molecule has 0 saturated carbocycles. The number of nitrogens with one attached hydrogen (secondary N) is 2. The van der Waals surface area contributed by atoms with Gasteiger partial charge in [0.25, 0.3) is 5.91 Å². The van der Waals surface area contributed by atoms with Crippen molar-refractivity contribution in [2.24, 2.45) is 0 Å². The van der Waals surface area contributed by atoms with E-state index in [1.165, 1.54) is 6.07 Å². The van der Waals surface area contributed by atoms with Gasteiger partial charge in [0.05, 0.1) is 24.3 Å². The Bertz CT molecular complexity index is 1900. The third-order valence-corrected chi connectivity index (χ3v) is 8.09. The van der Waals surface area contributed by atoms with E-state index in [0.29, 0.717) is 23.5 Å². The number of pyridine rings is 1. The van der Waals surface area contributed by atoms with Gasteiger partial charge in [0.15, 0.2) is 17.3 Å². The highest BCUT2D eigenvalue weighted by atomic mass is 19.1. The summed E-state index contributed by atoms with van der Waals surface area (Å²) in [4.78, 5) is 29.4. The number of fused-ring (bicyclic) bond motifs is 3. The number of amides is 1. The molecule has 4 aromatic carbocycles. The molecule has 1 aromatic heterocycles. The Kier molecular flexibility index (Phi) is 7.26. The normalized spacial score (nSPS) is 14.3. The van der Waals surface area contributed by atoms with Gasteiger partial charge < -0.3 is 24.7 Å². The molecule has 1 saturated heterocycles. The number of rotatable bonds is 8. The van der Waals surface area contributed by atoms with Gasteiger partial charge in [0.1, 0.15) is 16.8 Å². The molecule has 9 heteroatoms. The highest BCUT2D eigenvalue weighted by Crippen LogP contribution is 2.46. The van der Waals surface area contributed by atoms with Crippen molar-refractivity contribution in [1.82, 2.24) is 14.8 Å². The molecule has 2 aliphatic heterocycles. The number of anilines is 1. The summed E-state index contributed by atoms with van der Waals surface area (Å²) in [6, 6.07) is 22.4. The maximum Gasteiger partial charge on any atom is 0.257 e. The summed E-state index contributed by atoms with van der Waals surface area (Å²) in [6.45, 7) is 4.86. The zero-order valence-corrected chi connectivity index (χ0v) is 23.6. The van der Waals surface area contributed by atoms with Crippen LogP contribution >= 0.6 is 0 Å². The minimum Gasteiger partial charge on any atom is -0.451 e. The molecule has 0 radical (unpaired) electrons. The standard InChI is InChI=1S/C34H31FN4O4/c35-27-19-25-31-33(30(27)36-11-6-12-38-13-15-42-16-14-38)43-29-18-24-10-5-4-9-23(24)17-28(29)39(31)21-26(32(25)40)34(41)37-20-22-7-2-1-3-8-22/h1-5,7-10,17-19,21,36H,6,11-16,20H2,(H,37,41). The van der Waals surface area contributed by atoms with Gasteiger partial charge in [-0.1, -0.05) is 54.6 Å². The van der Waals surface area contributed by atoms with E-state index in [1.807, 2.05) is 66.7 Å². The van der Waals surface area contributed by atoms with Crippen LogP contribution in [0, 0.1) is 5.82 Å². The van der Waals surface area contributed by atoms with Crippen LogP contribution in [-0.4, -0.2) is 54.8 Å². The lowest BCUT2D eigenvalue weighted by atomic mass is 10.0. The predicted molar refractivity (Wildman–Crippen MR) is 165 cm³/mol. The number of halogens is 1. The average Bonchev–Trinajstić information content (AvgIpc) is 3.04. The van der Waals surface area contributed by atoms with Crippen molar-refractivity contribution in [3.63, 3.8) is 0 Å². The lowest BCUT2D eigenvalue weighted by Crippen LogP contribution is -2.37. The van der Waals surface area contributed by atoms with Crippen molar-refractivity contribution in [2.75, 3.05) is 44.7 Å². The molecule has 0 spiro atoms. The van der Waals surface area contributed by atoms with Crippen molar-refractivity contribution in [1.29, 1.82) is 0 Å². The van der Waals surface area contributed by atoms with Crippen molar-refractivity contribution in [2.45, 2.75) is 13.0 Å². The van der Waals surface area contributed by atoms with Gasteiger partial charge in [-0.15, -0.1) is 0 Å². The average molecular weight is 579 g/mol. The second-order valence-electron chi connectivity index (χ2n) is 10.9. The highest BCUT2D eigenvalue weighted by molar-refractivity contribution is 6.02. The van der Waals surface area contributed by atoms with Crippen LogP contribution in [0.3, 0.4) is 0 Å². The van der Waals surface area contributed by atoms with Gasteiger partial charge in [0.2, 0.25) is 5.43 Å². The van der Waals surface area contributed by atoms with E-state index in [0.717, 1.165) is 55.6 Å². The second kappa shape index (κ2) is 11.5. The van der Waals surface area contributed by atoms with Crippen molar-refractivity contribution >= 4 is 33.3 Å². The topological polar surface area (TPSA) is 84.8 Å². The number of nitrogens with zero attached hydrogens (tertiary/aromatic N) is 2. The van der Waals surface area contributed by atoms with Gasteiger partial charge in [-0.3, -0.25) is 14.5 Å². The summed E-state index contributed by atoms with van der Waals surface area (Å²) in [5.74, 6) is -0.393. The van der Waals surface area contributed by atoms with Crippen LogP contribution in [-0.2, 0) is 11.3 Å². The number of morpholine rings is 1. The summed E-state index contributed by atoms with van der Waals surface area (Å²) in [5.41, 5.74) is 1.57. The molecular weight excluding hydrogens is 547 g/mol. The Hall–Kier alpha value is -4.73. The molecule has 43 heavy (non-hydrogen) atoms. The lowest BCUT2D eigenvalue weighted by molar-refractivity contribution is 0.0378. The number of hydrogen-bond acceptors (Lipinski definition) is 6. The first kappa shape index (κ1) is 27.1. The highest BCUT2D eigenvalue weighted by Gasteiger charge is 2.29. The number of carbonyl (C=O) groups is 1. The molecule has 8 nitrogen and oxygen atoms in total. The van der Waals surface area contributed by atoms with Crippen LogP contribution in [0.2, 0.25) is 0 Å². The van der Waals surface area contributed by atoms with Crippen molar-refractivity contribution in [3.05, 3.63) is 106 Å². The molecule has 3 heterocycles. The van der Waals surface area contributed by atoms with Crippen LogP contribution < -0.4 is 20.8 Å². The van der Waals surface area contributed by atoms with E-state index in [9.17, 15) is 9.59 Å². The van der Waals surface area contributed by atoms with E-state index in [1.54, 1.807) is 10.8 Å². The molecule has 2 aliphatic rings. The van der Waals surface area contributed by atoms with Crippen LogP contribution in [0.5, 0.6) is 11.5 Å². The molecule has 0 aliphatic carbocycles. The molecule has 0 unspecified atom stereocenters. The Labute approximate surface area is 247 Å². The zero-order valence-electron chi connectivity index (χ0n) is 23.6. The maximum absolute atomic E-state index is 15.8. The largest absolute Gasteiger partial charge is 0.451 e. The predicted octanol–water partition coefficient (Wildman–Crippen LogP) is 5.45. The van der Waals surface area contributed by atoms with Gasteiger partial charge in [0, 0.05) is 32.4 Å². The van der Waals surface area contributed by atoms with E-state index >= 15 is 4.39 Å². The first-order valence-electron chi connectivity index (χ1n) is 14.6. The number of hydrogen-bond donors (Lipinski definition) is 2. The van der Waals surface area contributed by atoms with Gasteiger partial charge in [-0.05, 0) is 47.5 Å². The summed E-state index contributed by atoms with van der Waals surface area (Å²) in [7, 11) is 0. The number of aromatic nitrogens is 1. The number of carbonyl (C=O) groups excluding carboxylic acids is 1. The minimum absolute atomic E-state index is 0.0685. The summed E-state index contributed by atoms with van der Waals surface area (Å²) in [6.07, 6.45) is 2.34. The fourth-order valence-corrected chi connectivity index (χ4v) is 5.84. The van der Waals surface area contributed by atoms with Crippen LogP contribution in [0.4, 0.5) is 10.1 Å². The molecule has 2 N–H and O–H groups in total. The Morgan fingerprint density at radius 1 is 0.953 bits per heavy atom. The fourth-order valence-electron chi connectivity index (χ4n) is 5.84. The summed E-state index contributed by atoms with van der Waals surface area (Å²) in [5, 5.41) is 8.09. The smallest absolute Gasteiger partial charge is 0.257 e. The van der Waals surface area contributed by atoms with Crippen LogP contribution in [0.15, 0.2) is 83.8 Å². The summed E-state index contributed by atoms with van der Waals surface area (Å²) < 4.78 is 29.4. The minimum atomic E-state index is -0.608. The van der Waals surface area contributed by atoms with Crippen molar-refractivity contribution in [3.8, 4) is 17.2 Å². The molecule has 0 bridgehead atoms.